The zero-order chi connectivity index (χ0) is 14.4. The van der Waals surface area contributed by atoms with Gasteiger partial charge in [-0.15, -0.1) is 0 Å². The van der Waals surface area contributed by atoms with Gasteiger partial charge in [-0.3, -0.25) is 0 Å². The minimum atomic E-state index is 0.463. The van der Waals surface area contributed by atoms with Gasteiger partial charge in [0.15, 0.2) is 0 Å². The molecule has 1 aromatic carbocycles. The van der Waals surface area contributed by atoms with Crippen LogP contribution in [0.4, 0.5) is 0 Å². The van der Waals surface area contributed by atoms with Gasteiger partial charge in [0.1, 0.15) is 0 Å². The van der Waals surface area contributed by atoms with Crippen LogP contribution in [0.5, 0.6) is 0 Å². The third kappa shape index (κ3) is 4.32. The van der Waals surface area contributed by atoms with Crippen LogP contribution in [0.2, 0.25) is 0 Å². The van der Waals surface area contributed by atoms with E-state index in [0.29, 0.717) is 18.1 Å². The summed E-state index contributed by atoms with van der Waals surface area (Å²) in [5.74, 6) is 0.605. The molecule has 0 spiro atoms. The Morgan fingerprint density at radius 2 is 1.90 bits per heavy atom. The van der Waals surface area contributed by atoms with Crippen molar-refractivity contribution in [2.75, 3.05) is 13.2 Å². The van der Waals surface area contributed by atoms with Crippen molar-refractivity contribution in [3.63, 3.8) is 0 Å². The van der Waals surface area contributed by atoms with E-state index in [9.17, 15) is 0 Å². The first kappa shape index (κ1) is 15.5. The van der Waals surface area contributed by atoms with E-state index in [0.717, 1.165) is 13.2 Å². The van der Waals surface area contributed by atoms with Gasteiger partial charge in [0, 0.05) is 12.6 Å². The maximum atomic E-state index is 5.74. The van der Waals surface area contributed by atoms with Gasteiger partial charge >= 0.3 is 0 Å². The molecule has 0 radical (unpaired) electrons. The van der Waals surface area contributed by atoms with Crippen LogP contribution in [0, 0.1) is 0 Å². The number of benzene rings is 1. The Kier molecular flexibility index (Phi) is 6.06. The van der Waals surface area contributed by atoms with Crippen LogP contribution in [-0.2, 0) is 4.74 Å². The summed E-state index contributed by atoms with van der Waals surface area (Å²) in [6.45, 7) is 8.64. The predicted molar refractivity (Wildman–Crippen MR) is 85.2 cm³/mol. The second kappa shape index (κ2) is 7.80. The number of nitrogens with one attached hydrogen (secondary N) is 1. The lowest BCUT2D eigenvalue weighted by Gasteiger charge is -2.21. The molecule has 0 bridgehead atoms. The van der Waals surface area contributed by atoms with Gasteiger partial charge in [0.05, 0.1) is 6.10 Å². The van der Waals surface area contributed by atoms with Crippen molar-refractivity contribution in [1.29, 1.82) is 0 Å². The van der Waals surface area contributed by atoms with Crippen molar-refractivity contribution >= 4 is 0 Å². The minimum Gasteiger partial charge on any atom is -0.378 e. The second-order valence-corrected chi connectivity index (χ2v) is 6.14. The standard InChI is InChI=1S/C18H29NO/c1-4-19-18(12-11-17-6-5-13-20-17)16-9-7-15(8-10-16)14(2)3/h7-10,14,17-19H,4-6,11-13H2,1-3H3. The van der Waals surface area contributed by atoms with Crippen molar-refractivity contribution in [2.45, 2.75) is 64.5 Å². The van der Waals surface area contributed by atoms with Gasteiger partial charge in [-0.2, -0.15) is 0 Å². The molecule has 2 heteroatoms. The highest BCUT2D eigenvalue weighted by atomic mass is 16.5. The summed E-state index contributed by atoms with van der Waals surface area (Å²) in [6, 6.07) is 9.59. The molecule has 1 aliphatic rings. The molecule has 2 atom stereocenters. The molecule has 2 rings (SSSR count). The molecule has 0 amide bonds. The SMILES string of the molecule is CCNC(CCC1CCCO1)c1ccc(C(C)C)cc1. The summed E-state index contributed by atoms with van der Waals surface area (Å²) in [7, 11) is 0. The molecule has 1 heterocycles. The number of hydrogen-bond acceptors (Lipinski definition) is 2. The van der Waals surface area contributed by atoms with Crippen molar-refractivity contribution in [1.82, 2.24) is 5.32 Å². The molecule has 1 aromatic rings. The molecule has 2 nitrogen and oxygen atoms in total. The average Bonchev–Trinajstić information content (AvgIpc) is 2.97. The highest BCUT2D eigenvalue weighted by Crippen LogP contribution is 2.25. The third-order valence-corrected chi connectivity index (χ3v) is 4.26. The largest absolute Gasteiger partial charge is 0.378 e. The smallest absolute Gasteiger partial charge is 0.0576 e. The highest BCUT2D eigenvalue weighted by Gasteiger charge is 2.18. The van der Waals surface area contributed by atoms with Gasteiger partial charge in [-0.05, 0) is 49.3 Å². The summed E-state index contributed by atoms with van der Waals surface area (Å²) in [4.78, 5) is 0. The summed E-state index contributed by atoms with van der Waals surface area (Å²) < 4.78 is 5.74. The summed E-state index contributed by atoms with van der Waals surface area (Å²) in [6.07, 6.45) is 5.31. The van der Waals surface area contributed by atoms with Crippen molar-refractivity contribution in [3.8, 4) is 0 Å². The normalized spacial score (nSPS) is 20.5. The Bertz CT molecular complexity index is 379. The van der Waals surface area contributed by atoms with E-state index in [-0.39, 0.29) is 0 Å². The van der Waals surface area contributed by atoms with Gasteiger partial charge in [0.25, 0.3) is 0 Å². The molecule has 1 fully saturated rings. The van der Waals surface area contributed by atoms with Gasteiger partial charge < -0.3 is 10.1 Å². The van der Waals surface area contributed by atoms with Crippen LogP contribution in [0.3, 0.4) is 0 Å². The van der Waals surface area contributed by atoms with E-state index in [1.807, 2.05) is 0 Å². The molecule has 112 valence electrons. The lowest BCUT2D eigenvalue weighted by atomic mass is 9.96. The van der Waals surface area contributed by atoms with Crippen LogP contribution >= 0.6 is 0 Å². The number of rotatable bonds is 7. The van der Waals surface area contributed by atoms with Crippen molar-refractivity contribution < 1.29 is 4.74 Å². The minimum absolute atomic E-state index is 0.463. The number of ether oxygens (including phenoxy) is 1. The summed E-state index contributed by atoms with van der Waals surface area (Å²) >= 11 is 0. The third-order valence-electron chi connectivity index (χ3n) is 4.26. The van der Waals surface area contributed by atoms with Crippen molar-refractivity contribution in [3.05, 3.63) is 35.4 Å². The predicted octanol–water partition coefficient (Wildman–Crippen LogP) is 4.42. The first-order chi connectivity index (χ1) is 9.70. The monoisotopic (exact) mass is 275 g/mol. The molecular formula is C18H29NO. The average molecular weight is 275 g/mol. The second-order valence-electron chi connectivity index (χ2n) is 6.14. The van der Waals surface area contributed by atoms with Crippen LogP contribution in [0.25, 0.3) is 0 Å². The zero-order valence-electron chi connectivity index (χ0n) is 13.2. The molecule has 1 saturated heterocycles. The quantitative estimate of drug-likeness (QED) is 0.795. The van der Waals surface area contributed by atoms with Gasteiger partial charge in [-0.1, -0.05) is 45.0 Å². The topological polar surface area (TPSA) is 21.3 Å². The van der Waals surface area contributed by atoms with E-state index in [1.165, 1.54) is 36.8 Å². The highest BCUT2D eigenvalue weighted by molar-refractivity contribution is 5.26. The van der Waals surface area contributed by atoms with Crippen LogP contribution in [-0.4, -0.2) is 19.3 Å². The van der Waals surface area contributed by atoms with Gasteiger partial charge in [-0.25, -0.2) is 0 Å². The maximum absolute atomic E-state index is 5.74. The molecular weight excluding hydrogens is 246 g/mol. The van der Waals surface area contributed by atoms with Crippen LogP contribution < -0.4 is 5.32 Å². The van der Waals surface area contributed by atoms with E-state index in [2.05, 4.69) is 50.4 Å². The Morgan fingerprint density at radius 3 is 2.45 bits per heavy atom. The zero-order valence-corrected chi connectivity index (χ0v) is 13.2. The van der Waals surface area contributed by atoms with Crippen molar-refractivity contribution in [2.24, 2.45) is 0 Å². The first-order valence-corrected chi connectivity index (χ1v) is 8.15. The molecule has 20 heavy (non-hydrogen) atoms. The molecule has 0 aliphatic carbocycles. The maximum Gasteiger partial charge on any atom is 0.0576 e. The summed E-state index contributed by atoms with van der Waals surface area (Å²) in [5.41, 5.74) is 2.83. The molecule has 1 N–H and O–H groups in total. The Balaban J connectivity index is 1.95. The lowest BCUT2D eigenvalue weighted by molar-refractivity contribution is 0.0996. The van der Waals surface area contributed by atoms with E-state index >= 15 is 0 Å². The fraction of sp³-hybridized carbons (Fsp3) is 0.667. The fourth-order valence-electron chi connectivity index (χ4n) is 2.97. The Morgan fingerprint density at radius 1 is 1.20 bits per heavy atom. The molecule has 1 aliphatic heterocycles. The summed E-state index contributed by atoms with van der Waals surface area (Å²) in [5, 5.41) is 3.62. The first-order valence-electron chi connectivity index (χ1n) is 8.15. The van der Waals surface area contributed by atoms with E-state index < -0.39 is 0 Å². The Hall–Kier alpha value is -0.860. The molecule has 0 saturated carbocycles. The molecule has 2 unspecified atom stereocenters. The Labute approximate surface area is 123 Å². The van der Waals surface area contributed by atoms with Crippen LogP contribution in [0.1, 0.15) is 69.5 Å². The molecule has 0 aromatic heterocycles. The van der Waals surface area contributed by atoms with Crippen LogP contribution in [0.15, 0.2) is 24.3 Å². The van der Waals surface area contributed by atoms with Gasteiger partial charge in [0.2, 0.25) is 0 Å². The van der Waals surface area contributed by atoms with E-state index in [4.69, 9.17) is 4.74 Å². The van der Waals surface area contributed by atoms with E-state index in [1.54, 1.807) is 0 Å². The lowest BCUT2D eigenvalue weighted by Crippen LogP contribution is -2.22. The fourth-order valence-corrected chi connectivity index (χ4v) is 2.97. The number of hydrogen-bond donors (Lipinski definition) is 1.